The Morgan fingerprint density at radius 1 is 1.11 bits per heavy atom. The van der Waals surface area contributed by atoms with Crippen molar-refractivity contribution in [1.82, 2.24) is 50.1 Å². The molecule has 0 saturated heterocycles. The first-order chi connectivity index (χ1) is 17.4. The zero-order chi connectivity index (χ0) is 25.1. The molecule has 0 fully saturated rings. The van der Waals surface area contributed by atoms with Gasteiger partial charge in [-0.2, -0.15) is 23.3 Å². The van der Waals surface area contributed by atoms with E-state index in [9.17, 15) is 13.2 Å². The Morgan fingerprint density at radius 2 is 2.00 bits per heavy atom. The first-order valence-corrected chi connectivity index (χ1v) is 10.6. The summed E-state index contributed by atoms with van der Waals surface area (Å²) in [6.07, 6.45) is 0.917. The van der Waals surface area contributed by atoms with Gasteiger partial charge in [-0.15, -0.1) is 5.10 Å². The molecular formula is C21H17F3N10O2. The van der Waals surface area contributed by atoms with E-state index in [1.807, 2.05) is 6.92 Å². The molecule has 5 heterocycles. The number of alkyl halides is 3. The maximum atomic E-state index is 12.8. The van der Waals surface area contributed by atoms with Crippen LogP contribution in [0, 0.1) is 0 Å². The smallest absolute Gasteiger partial charge is 0.417 e. The fourth-order valence-corrected chi connectivity index (χ4v) is 3.36. The quantitative estimate of drug-likeness (QED) is 0.314. The van der Waals surface area contributed by atoms with Crippen molar-refractivity contribution in [1.29, 1.82) is 0 Å². The van der Waals surface area contributed by atoms with E-state index >= 15 is 0 Å². The maximum absolute atomic E-state index is 12.8. The molecule has 36 heavy (non-hydrogen) atoms. The van der Waals surface area contributed by atoms with Crippen LogP contribution in [0.5, 0.6) is 5.88 Å². The molecule has 0 N–H and O–H groups in total. The molecule has 5 rings (SSSR count). The van der Waals surface area contributed by atoms with Gasteiger partial charge >= 0.3 is 6.18 Å². The van der Waals surface area contributed by atoms with Crippen molar-refractivity contribution in [3.63, 3.8) is 0 Å². The predicted octanol–water partition coefficient (Wildman–Crippen LogP) is 3.04. The minimum atomic E-state index is -4.47. The molecule has 0 aliphatic rings. The lowest BCUT2D eigenvalue weighted by atomic mass is 10.2. The van der Waals surface area contributed by atoms with Crippen LogP contribution < -0.4 is 4.74 Å². The van der Waals surface area contributed by atoms with E-state index < -0.39 is 11.7 Å². The van der Waals surface area contributed by atoms with Crippen LogP contribution in [0.3, 0.4) is 0 Å². The number of nitrogens with zero attached hydrogens (tertiary/aromatic N) is 10. The highest BCUT2D eigenvalue weighted by atomic mass is 19.4. The number of tetrazole rings is 1. The standard InChI is InChI=1S/C21H17F3N10O2/c1-2-34-17(11-35-18-4-3-14(8-26-18)21(22,23)24)16(9-28-34)20-29-19(30-36-20)13-5-6-25-15(7-13)10-33-12-27-31-32-33/h3-9,12H,2,10-11H2,1H3. The molecule has 0 aliphatic heterocycles. The summed E-state index contributed by atoms with van der Waals surface area (Å²) in [4.78, 5) is 12.5. The van der Waals surface area contributed by atoms with Crippen LogP contribution in [0.2, 0.25) is 0 Å². The molecule has 184 valence electrons. The van der Waals surface area contributed by atoms with Gasteiger partial charge in [-0.05, 0) is 35.5 Å². The van der Waals surface area contributed by atoms with Gasteiger partial charge in [0, 0.05) is 30.6 Å². The number of pyridine rings is 2. The molecule has 15 heteroatoms. The van der Waals surface area contributed by atoms with E-state index in [4.69, 9.17) is 9.26 Å². The number of halogens is 3. The van der Waals surface area contributed by atoms with E-state index in [2.05, 4.69) is 40.7 Å². The molecule has 0 aromatic carbocycles. The highest BCUT2D eigenvalue weighted by molar-refractivity contribution is 5.61. The summed E-state index contributed by atoms with van der Waals surface area (Å²) in [6, 6.07) is 5.61. The van der Waals surface area contributed by atoms with Crippen LogP contribution in [0.15, 0.2) is 53.7 Å². The Balaban J connectivity index is 1.35. The van der Waals surface area contributed by atoms with Gasteiger partial charge in [0.2, 0.25) is 11.7 Å². The minimum absolute atomic E-state index is 0.0232. The van der Waals surface area contributed by atoms with E-state index in [1.165, 1.54) is 11.0 Å². The van der Waals surface area contributed by atoms with Crippen LogP contribution in [-0.4, -0.2) is 50.1 Å². The average molecular weight is 498 g/mol. The van der Waals surface area contributed by atoms with E-state index in [0.717, 1.165) is 18.3 Å². The van der Waals surface area contributed by atoms with Gasteiger partial charge in [-0.3, -0.25) is 9.67 Å². The molecule has 12 nitrogen and oxygen atoms in total. The Morgan fingerprint density at radius 3 is 2.72 bits per heavy atom. The number of ether oxygens (including phenoxy) is 1. The normalized spacial score (nSPS) is 11.7. The lowest BCUT2D eigenvalue weighted by molar-refractivity contribution is -0.137. The van der Waals surface area contributed by atoms with Crippen LogP contribution >= 0.6 is 0 Å². The number of rotatable bonds is 8. The first-order valence-electron chi connectivity index (χ1n) is 10.6. The van der Waals surface area contributed by atoms with E-state index in [1.54, 1.807) is 29.2 Å². The molecule has 0 radical (unpaired) electrons. The molecule has 0 atom stereocenters. The van der Waals surface area contributed by atoms with Crippen molar-refractivity contribution in [3.8, 4) is 28.7 Å². The lowest BCUT2D eigenvalue weighted by Gasteiger charge is -2.10. The number of aromatic nitrogens is 10. The average Bonchev–Trinajstić information content (AvgIpc) is 3.63. The fraction of sp³-hybridized carbons (Fsp3) is 0.238. The molecule has 5 aromatic heterocycles. The van der Waals surface area contributed by atoms with Crippen molar-refractivity contribution < 1.29 is 22.4 Å². The van der Waals surface area contributed by atoms with Gasteiger partial charge < -0.3 is 9.26 Å². The highest BCUT2D eigenvalue weighted by Gasteiger charge is 2.30. The number of aryl methyl sites for hydroxylation is 1. The summed E-state index contributed by atoms with van der Waals surface area (Å²) < 4.78 is 52.6. The summed E-state index contributed by atoms with van der Waals surface area (Å²) >= 11 is 0. The summed E-state index contributed by atoms with van der Waals surface area (Å²) in [6.45, 7) is 2.75. The lowest BCUT2D eigenvalue weighted by Crippen LogP contribution is -2.09. The molecule has 0 unspecified atom stereocenters. The van der Waals surface area contributed by atoms with Gasteiger partial charge in [0.05, 0.1) is 35.3 Å². The van der Waals surface area contributed by atoms with Gasteiger partial charge in [-0.25, -0.2) is 9.67 Å². The second-order valence-corrected chi connectivity index (χ2v) is 7.46. The fourth-order valence-electron chi connectivity index (χ4n) is 3.36. The van der Waals surface area contributed by atoms with E-state index in [0.29, 0.717) is 41.4 Å². The van der Waals surface area contributed by atoms with Crippen LogP contribution in [-0.2, 0) is 25.9 Å². The summed E-state index contributed by atoms with van der Waals surface area (Å²) in [5, 5.41) is 19.4. The van der Waals surface area contributed by atoms with Crippen molar-refractivity contribution in [2.24, 2.45) is 0 Å². The molecular weight excluding hydrogens is 481 g/mol. The van der Waals surface area contributed by atoms with Crippen LogP contribution in [0.25, 0.3) is 22.8 Å². The maximum Gasteiger partial charge on any atom is 0.417 e. The summed E-state index contributed by atoms with van der Waals surface area (Å²) in [5.74, 6) is 0.587. The zero-order valence-corrected chi connectivity index (χ0v) is 18.7. The van der Waals surface area contributed by atoms with Gasteiger partial charge in [0.15, 0.2) is 0 Å². The second-order valence-electron chi connectivity index (χ2n) is 7.46. The molecule has 0 spiro atoms. The molecule has 5 aromatic rings. The van der Waals surface area contributed by atoms with Crippen molar-refractivity contribution in [3.05, 3.63) is 66.1 Å². The summed E-state index contributed by atoms with van der Waals surface area (Å²) in [7, 11) is 0. The molecule has 0 bridgehead atoms. The number of hydrogen-bond donors (Lipinski definition) is 0. The van der Waals surface area contributed by atoms with Crippen LogP contribution in [0.1, 0.15) is 23.9 Å². The third-order valence-electron chi connectivity index (χ3n) is 5.12. The van der Waals surface area contributed by atoms with Crippen molar-refractivity contribution in [2.45, 2.75) is 32.8 Å². The molecule has 0 aliphatic carbocycles. The van der Waals surface area contributed by atoms with Crippen molar-refractivity contribution in [2.75, 3.05) is 0 Å². The largest absolute Gasteiger partial charge is 0.471 e. The first kappa shape index (κ1) is 23.1. The van der Waals surface area contributed by atoms with Gasteiger partial charge in [0.1, 0.15) is 12.9 Å². The molecule has 0 saturated carbocycles. The second kappa shape index (κ2) is 9.52. The van der Waals surface area contributed by atoms with Gasteiger partial charge in [0.25, 0.3) is 5.89 Å². The third kappa shape index (κ3) is 4.89. The summed E-state index contributed by atoms with van der Waals surface area (Å²) in [5.41, 5.74) is 1.65. The van der Waals surface area contributed by atoms with Crippen LogP contribution in [0.4, 0.5) is 13.2 Å². The zero-order valence-electron chi connectivity index (χ0n) is 18.7. The van der Waals surface area contributed by atoms with Gasteiger partial charge in [-0.1, -0.05) is 5.16 Å². The molecule has 0 amide bonds. The van der Waals surface area contributed by atoms with E-state index in [-0.39, 0.29) is 18.4 Å². The third-order valence-corrected chi connectivity index (χ3v) is 5.12. The topological polar surface area (TPSA) is 135 Å². The monoisotopic (exact) mass is 498 g/mol. The Labute approximate surface area is 200 Å². The minimum Gasteiger partial charge on any atom is -0.471 e. The SMILES string of the molecule is CCn1ncc(-c2nc(-c3ccnc(Cn4cnnn4)c3)no2)c1COc1ccc(C(F)(F)F)cn1. The van der Waals surface area contributed by atoms with Crippen molar-refractivity contribution >= 4 is 0 Å². The Kier molecular flexibility index (Phi) is 6.10. The Hall–Kier alpha value is -4.69. The Bertz CT molecular complexity index is 1450. The highest BCUT2D eigenvalue weighted by Crippen LogP contribution is 2.30. The predicted molar refractivity (Wildman–Crippen MR) is 115 cm³/mol. The number of hydrogen-bond acceptors (Lipinski definition) is 10.